The number of pyridine rings is 1. The summed E-state index contributed by atoms with van der Waals surface area (Å²) in [7, 11) is 0. The second kappa shape index (κ2) is 3.90. The van der Waals surface area contributed by atoms with Crippen LogP contribution in [0.2, 0.25) is 5.15 Å². The van der Waals surface area contributed by atoms with Crippen LogP contribution in [0.4, 0.5) is 0 Å². The summed E-state index contributed by atoms with van der Waals surface area (Å²) < 4.78 is 1.96. The average molecular weight is 243 g/mol. The summed E-state index contributed by atoms with van der Waals surface area (Å²) in [4.78, 5) is 4.34. The minimum atomic E-state index is 0.688. The van der Waals surface area contributed by atoms with Crippen LogP contribution in [-0.2, 0) is 0 Å². The highest BCUT2D eigenvalue weighted by atomic mass is 35.5. The zero-order valence-electron chi connectivity index (χ0n) is 9.39. The van der Waals surface area contributed by atoms with Crippen molar-refractivity contribution in [3.05, 3.63) is 59.4 Å². The van der Waals surface area contributed by atoms with E-state index in [0.29, 0.717) is 5.15 Å². The van der Waals surface area contributed by atoms with Gasteiger partial charge in [-0.05, 0) is 36.8 Å². The number of rotatable bonds is 1. The van der Waals surface area contributed by atoms with E-state index in [9.17, 15) is 0 Å². The summed E-state index contributed by atoms with van der Waals surface area (Å²) in [5.74, 6) is 0.845. The zero-order valence-corrected chi connectivity index (χ0v) is 10.1. The second-order valence-electron chi connectivity index (χ2n) is 4.00. The Labute approximate surface area is 104 Å². The molecule has 0 amide bonds. The normalized spacial score (nSPS) is 10.9. The SMILES string of the molecule is Cc1cccc2c1cc(Cl)n2-c1ccccn1. The van der Waals surface area contributed by atoms with Crippen molar-refractivity contribution in [2.45, 2.75) is 6.92 Å². The lowest BCUT2D eigenvalue weighted by atomic mass is 10.1. The van der Waals surface area contributed by atoms with Crippen LogP contribution < -0.4 is 0 Å². The third-order valence-electron chi connectivity index (χ3n) is 2.90. The molecule has 3 heteroatoms. The van der Waals surface area contributed by atoms with Gasteiger partial charge in [0, 0.05) is 11.6 Å². The molecule has 0 aliphatic rings. The minimum Gasteiger partial charge on any atom is -0.284 e. The van der Waals surface area contributed by atoms with Crippen molar-refractivity contribution >= 4 is 22.5 Å². The molecule has 1 aromatic carbocycles. The molecule has 0 unspecified atom stereocenters. The second-order valence-corrected chi connectivity index (χ2v) is 4.39. The molecule has 0 N–H and O–H groups in total. The van der Waals surface area contributed by atoms with E-state index >= 15 is 0 Å². The smallest absolute Gasteiger partial charge is 0.138 e. The molecule has 2 heterocycles. The minimum absolute atomic E-state index is 0.688. The van der Waals surface area contributed by atoms with Gasteiger partial charge in [-0.15, -0.1) is 0 Å². The van der Waals surface area contributed by atoms with Crippen LogP contribution >= 0.6 is 11.6 Å². The van der Waals surface area contributed by atoms with Crippen LogP contribution in [0.1, 0.15) is 5.56 Å². The fourth-order valence-corrected chi connectivity index (χ4v) is 2.35. The van der Waals surface area contributed by atoms with Gasteiger partial charge in [-0.1, -0.05) is 29.8 Å². The summed E-state index contributed by atoms with van der Waals surface area (Å²) in [6.45, 7) is 2.08. The van der Waals surface area contributed by atoms with Crippen molar-refractivity contribution in [1.82, 2.24) is 9.55 Å². The van der Waals surface area contributed by atoms with Crippen LogP contribution in [0.25, 0.3) is 16.7 Å². The van der Waals surface area contributed by atoms with E-state index in [-0.39, 0.29) is 0 Å². The molecule has 0 radical (unpaired) electrons. The Balaban J connectivity index is 2.37. The Hall–Kier alpha value is -1.80. The molecule has 0 fully saturated rings. The Kier molecular flexibility index (Phi) is 2.37. The largest absolute Gasteiger partial charge is 0.284 e. The Morgan fingerprint density at radius 1 is 1.12 bits per heavy atom. The number of hydrogen-bond acceptors (Lipinski definition) is 1. The van der Waals surface area contributed by atoms with Crippen molar-refractivity contribution in [1.29, 1.82) is 0 Å². The van der Waals surface area contributed by atoms with Crippen molar-refractivity contribution in [3.8, 4) is 5.82 Å². The number of halogens is 1. The van der Waals surface area contributed by atoms with Crippen LogP contribution in [0.5, 0.6) is 0 Å². The molecule has 3 aromatic rings. The predicted molar refractivity (Wildman–Crippen MR) is 70.8 cm³/mol. The highest BCUT2D eigenvalue weighted by Crippen LogP contribution is 2.28. The summed E-state index contributed by atoms with van der Waals surface area (Å²) in [5.41, 5.74) is 2.31. The third kappa shape index (κ3) is 1.61. The van der Waals surface area contributed by atoms with Crippen molar-refractivity contribution in [3.63, 3.8) is 0 Å². The summed E-state index contributed by atoms with van der Waals surface area (Å²) >= 11 is 6.30. The molecule has 0 bridgehead atoms. The maximum absolute atomic E-state index is 6.30. The topological polar surface area (TPSA) is 17.8 Å². The number of aryl methyl sites for hydroxylation is 1. The van der Waals surface area contributed by atoms with Gasteiger partial charge in [0.05, 0.1) is 5.52 Å². The van der Waals surface area contributed by atoms with Crippen LogP contribution in [0.3, 0.4) is 0 Å². The molecule has 0 aliphatic heterocycles. The Bertz CT molecular complexity index is 671. The van der Waals surface area contributed by atoms with E-state index in [1.807, 2.05) is 34.9 Å². The molecule has 84 valence electrons. The molecule has 17 heavy (non-hydrogen) atoms. The van der Waals surface area contributed by atoms with E-state index in [4.69, 9.17) is 11.6 Å². The van der Waals surface area contributed by atoms with E-state index in [1.165, 1.54) is 10.9 Å². The molecular weight excluding hydrogens is 232 g/mol. The quantitative estimate of drug-likeness (QED) is 0.631. The van der Waals surface area contributed by atoms with Crippen molar-refractivity contribution in [2.24, 2.45) is 0 Å². The summed E-state index contributed by atoms with van der Waals surface area (Å²) in [6, 6.07) is 14.0. The van der Waals surface area contributed by atoms with Crippen LogP contribution in [-0.4, -0.2) is 9.55 Å². The average Bonchev–Trinajstić information content (AvgIpc) is 2.68. The predicted octanol–water partition coefficient (Wildman–Crippen LogP) is 3.99. The molecule has 2 aromatic heterocycles. The number of fused-ring (bicyclic) bond motifs is 1. The first-order chi connectivity index (χ1) is 8.27. The van der Waals surface area contributed by atoms with Gasteiger partial charge in [0.15, 0.2) is 0 Å². The molecular formula is C14H11ClN2. The standard InChI is InChI=1S/C14H11ClN2/c1-10-5-4-6-12-11(10)9-13(15)17(12)14-7-2-3-8-16-14/h2-9H,1H3. The maximum atomic E-state index is 6.30. The maximum Gasteiger partial charge on any atom is 0.138 e. The fraction of sp³-hybridized carbons (Fsp3) is 0.0714. The molecule has 0 spiro atoms. The van der Waals surface area contributed by atoms with E-state index < -0.39 is 0 Å². The highest BCUT2D eigenvalue weighted by Gasteiger charge is 2.10. The van der Waals surface area contributed by atoms with Gasteiger partial charge in [-0.3, -0.25) is 4.57 Å². The van der Waals surface area contributed by atoms with E-state index in [1.54, 1.807) is 6.20 Å². The number of nitrogens with zero attached hydrogens (tertiary/aromatic N) is 2. The van der Waals surface area contributed by atoms with E-state index in [2.05, 4.69) is 24.0 Å². The number of hydrogen-bond donors (Lipinski definition) is 0. The third-order valence-corrected chi connectivity index (χ3v) is 3.18. The first-order valence-electron chi connectivity index (χ1n) is 5.45. The van der Waals surface area contributed by atoms with Crippen LogP contribution in [0.15, 0.2) is 48.7 Å². The fourth-order valence-electron chi connectivity index (χ4n) is 2.07. The highest BCUT2D eigenvalue weighted by molar-refractivity contribution is 6.31. The molecule has 2 nitrogen and oxygen atoms in total. The molecule has 3 rings (SSSR count). The molecule has 0 atom stereocenters. The van der Waals surface area contributed by atoms with Gasteiger partial charge in [-0.25, -0.2) is 4.98 Å². The summed E-state index contributed by atoms with van der Waals surface area (Å²) in [6.07, 6.45) is 1.77. The number of aromatic nitrogens is 2. The number of benzene rings is 1. The lowest BCUT2D eigenvalue weighted by Gasteiger charge is -2.05. The van der Waals surface area contributed by atoms with Gasteiger partial charge in [-0.2, -0.15) is 0 Å². The van der Waals surface area contributed by atoms with Crippen LogP contribution in [0, 0.1) is 6.92 Å². The Morgan fingerprint density at radius 3 is 2.76 bits per heavy atom. The first-order valence-corrected chi connectivity index (χ1v) is 5.83. The lowest BCUT2D eigenvalue weighted by Crippen LogP contribution is -1.96. The molecule has 0 saturated heterocycles. The van der Waals surface area contributed by atoms with Gasteiger partial charge in [0.1, 0.15) is 11.0 Å². The molecule has 0 aliphatic carbocycles. The van der Waals surface area contributed by atoms with Crippen molar-refractivity contribution < 1.29 is 0 Å². The van der Waals surface area contributed by atoms with Gasteiger partial charge >= 0.3 is 0 Å². The van der Waals surface area contributed by atoms with Gasteiger partial charge < -0.3 is 0 Å². The lowest BCUT2D eigenvalue weighted by molar-refractivity contribution is 1.04. The summed E-state index contributed by atoms with van der Waals surface area (Å²) in [5, 5.41) is 1.86. The zero-order chi connectivity index (χ0) is 11.8. The molecule has 0 saturated carbocycles. The van der Waals surface area contributed by atoms with Crippen molar-refractivity contribution in [2.75, 3.05) is 0 Å². The van der Waals surface area contributed by atoms with Gasteiger partial charge in [0.2, 0.25) is 0 Å². The Morgan fingerprint density at radius 2 is 2.00 bits per heavy atom. The first kappa shape index (κ1) is 10.4. The van der Waals surface area contributed by atoms with Gasteiger partial charge in [0.25, 0.3) is 0 Å². The van der Waals surface area contributed by atoms with E-state index in [0.717, 1.165) is 11.3 Å². The monoisotopic (exact) mass is 242 g/mol.